The predicted molar refractivity (Wildman–Crippen MR) is 47.4 cm³/mol. The average Bonchev–Trinajstić information content (AvgIpc) is 1.94. The van der Waals surface area contributed by atoms with Crippen LogP contribution in [0.15, 0.2) is 18.2 Å². The summed E-state index contributed by atoms with van der Waals surface area (Å²) in [7, 11) is 0. The van der Waals surface area contributed by atoms with Crippen molar-refractivity contribution in [1.82, 2.24) is 0 Å². The van der Waals surface area contributed by atoms with E-state index in [1.54, 1.807) is 12.1 Å². The van der Waals surface area contributed by atoms with Crippen molar-refractivity contribution in [2.45, 2.75) is 12.2 Å². The van der Waals surface area contributed by atoms with Gasteiger partial charge in [-0.25, -0.2) is 4.39 Å². The highest BCUT2D eigenvalue weighted by molar-refractivity contribution is 7.80. The van der Waals surface area contributed by atoms with E-state index in [2.05, 4.69) is 0 Å². The molecule has 59 valence electrons. The minimum absolute atomic E-state index is 0.0203. The third-order valence-corrected chi connectivity index (χ3v) is 1.97. The van der Waals surface area contributed by atoms with Gasteiger partial charge in [0, 0.05) is 5.25 Å². The summed E-state index contributed by atoms with van der Waals surface area (Å²) in [5.74, 6) is -0.397. The Morgan fingerprint density at radius 1 is 1.55 bits per heavy atom. The van der Waals surface area contributed by atoms with Crippen molar-refractivity contribution >= 4 is 24.2 Å². The Morgan fingerprint density at radius 2 is 2.18 bits per heavy atom. The standard InChI is InChI=1S/C8H7ClFS/c1-5(11)6-2-3-8(10)7(9)4-6/h2-5H,1H3. The van der Waals surface area contributed by atoms with Crippen molar-refractivity contribution in [1.29, 1.82) is 0 Å². The zero-order chi connectivity index (χ0) is 8.43. The molecule has 1 aromatic rings. The second-order valence-corrected chi connectivity index (χ2v) is 3.43. The van der Waals surface area contributed by atoms with Gasteiger partial charge in [0.2, 0.25) is 0 Å². The third kappa shape index (κ3) is 2.11. The van der Waals surface area contributed by atoms with Gasteiger partial charge in [-0.1, -0.05) is 30.3 Å². The van der Waals surface area contributed by atoms with Crippen LogP contribution >= 0.6 is 24.2 Å². The maximum absolute atomic E-state index is 12.6. The fraction of sp³-hybridized carbons (Fsp3) is 0.250. The van der Waals surface area contributed by atoms with E-state index in [4.69, 9.17) is 24.2 Å². The monoisotopic (exact) mass is 189 g/mol. The summed E-state index contributed by atoms with van der Waals surface area (Å²) in [6.45, 7) is 1.86. The molecule has 0 saturated carbocycles. The fourth-order valence-corrected chi connectivity index (χ4v) is 1.10. The van der Waals surface area contributed by atoms with E-state index in [1.165, 1.54) is 6.07 Å². The molecule has 0 aromatic heterocycles. The molecule has 0 fully saturated rings. The average molecular weight is 190 g/mol. The highest BCUT2D eigenvalue weighted by atomic mass is 35.5. The van der Waals surface area contributed by atoms with Crippen LogP contribution < -0.4 is 0 Å². The summed E-state index contributed by atoms with van der Waals surface area (Å²) in [6, 6.07) is 4.55. The quantitative estimate of drug-likeness (QED) is 0.632. The highest BCUT2D eigenvalue weighted by Crippen LogP contribution is 2.23. The van der Waals surface area contributed by atoms with E-state index in [-0.39, 0.29) is 10.3 Å². The predicted octanol–water partition coefficient (Wildman–Crippen LogP) is 3.74. The van der Waals surface area contributed by atoms with E-state index in [1.807, 2.05) is 6.92 Å². The molecular weight excluding hydrogens is 183 g/mol. The third-order valence-electron chi connectivity index (χ3n) is 1.41. The topological polar surface area (TPSA) is 0 Å². The molecule has 0 amide bonds. The minimum Gasteiger partial charge on any atom is -0.205 e. The van der Waals surface area contributed by atoms with Gasteiger partial charge < -0.3 is 0 Å². The van der Waals surface area contributed by atoms with Gasteiger partial charge in [0.25, 0.3) is 0 Å². The minimum atomic E-state index is -0.397. The van der Waals surface area contributed by atoms with Gasteiger partial charge in [-0.05, 0) is 24.6 Å². The molecule has 0 aliphatic heterocycles. The van der Waals surface area contributed by atoms with E-state index in [0.717, 1.165) is 5.56 Å². The number of hydrogen-bond acceptors (Lipinski definition) is 0. The summed E-state index contributed by atoms with van der Waals surface area (Å²) in [4.78, 5) is 0. The normalized spacial score (nSPS) is 13.1. The van der Waals surface area contributed by atoms with Crippen LogP contribution in [0, 0.1) is 5.82 Å². The van der Waals surface area contributed by atoms with Crippen molar-refractivity contribution in [3.05, 3.63) is 34.6 Å². The summed E-state index contributed by atoms with van der Waals surface area (Å²) < 4.78 is 12.6. The molecule has 0 heterocycles. The first-order valence-electron chi connectivity index (χ1n) is 3.22. The zero-order valence-electron chi connectivity index (χ0n) is 5.97. The maximum atomic E-state index is 12.6. The Balaban J connectivity index is 3.05. The van der Waals surface area contributed by atoms with E-state index in [0.29, 0.717) is 0 Å². The van der Waals surface area contributed by atoms with Crippen LogP contribution in [0.4, 0.5) is 4.39 Å². The van der Waals surface area contributed by atoms with Gasteiger partial charge in [0.15, 0.2) is 0 Å². The van der Waals surface area contributed by atoms with Crippen LogP contribution in [0.3, 0.4) is 0 Å². The SMILES string of the molecule is CC([S])c1ccc(F)c(Cl)c1. The Kier molecular flexibility index (Phi) is 2.79. The first-order valence-corrected chi connectivity index (χ1v) is 4.07. The van der Waals surface area contributed by atoms with E-state index >= 15 is 0 Å². The second kappa shape index (κ2) is 3.46. The van der Waals surface area contributed by atoms with E-state index in [9.17, 15) is 4.39 Å². The summed E-state index contributed by atoms with van der Waals surface area (Å²) in [5.41, 5.74) is 0.881. The van der Waals surface area contributed by atoms with Crippen molar-refractivity contribution in [2.24, 2.45) is 0 Å². The molecule has 0 N–H and O–H groups in total. The molecule has 0 spiro atoms. The molecule has 11 heavy (non-hydrogen) atoms. The van der Waals surface area contributed by atoms with Gasteiger partial charge >= 0.3 is 0 Å². The highest BCUT2D eigenvalue weighted by Gasteiger charge is 2.03. The molecule has 1 radical (unpaired) electrons. The first kappa shape index (κ1) is 8.88. The van der Waals surface area contributed by atoms with Crippen molar-refractivity contribution in [3.8, 4) is 0 Å². The Bertz CT molecular complexity index is 260. The zero-order valence-corrected chi connectivity index (χ0v) is 7.55. The molecule has 0 aliphatic rings. The molecule has 0 saturated heterocycles. The van der Waals surface area contributed by atoms with Gasteiger partial charge in [0.05, 0.1) is 5.02 Å². The molecule has 0 aliphatic carbocycles. The van der Waals surface area contributed by atoms with Gasteiger partial charge in [-0.15, -0.1) is 0 Å². The maximum Gasteiger partial charge on any atom is 0.141 e. The van der Waals surface area contributed by atoms with Crippen LogP contribution in [0.25, 0.3) is 0 Å². The van der Waals surface area contributed by atoms with Gasteiger partial charge in [0.1, 0.15) is 5.82 Å². The van der Waals surface area contributed by atoms with Crippen molar-refractivity contribution < 1.29 is 4.39 Å². The molecule has 1 atom stereocenters. The first-order chi connectivity index (χ1) is 5.11. The number of benzene rings is 1. The molecule has 1 unspecified atom stereocenters. The lowest BCUT2D eigenvalue weighted by molar-refractivity contribution is 0.627. The number of rotatable bonds is 1. The lowest BCUT2D eigenvalue weighted by Gasteiger charge is -2.03. The summed E-state index contributed by atoms with van der Waals surface area (Å²) in [5, 5.41) is 0.118. The van der Waals surface area contributed by atoms with Crippen molar-refractivity contribution in [3.63, 3.8) is 0 Å². The molecule has 1 aromatic carbocycles. The van der Waals surface area contributed by atoms with E-state index < -0.39 is 5.82 Å². The lowest BCUT2D eigenvalue weighted by atomic mass is 10.2. The van der Waals surface area contributed by atoms with Crippen LogP contribution in [0.1, 0.15) is 17.7 Å². The van der Waals surface area contributed by atoms with Crippen molar-refractivity contribution in [2.75, 3.05) is 0 Å². The summed E-state index contributed by atoms with van der Waals surface area (Å²) in [6.07, 6.45) is 0. The Hall–Kier alpha value is -0.210. The second-order valence-electron chi connectivity index (χ2n) is 2.32. The molecule has 0 nitrogen and oxygen atoms in total. The largest absolute Gasteiger partial charge is 0.205 e. The number of hydrogen-bond donors (Lipinski definition) is 0. The smallest absolute Gasteiger partial charge is 0.141 e. The number of halogens is 2. The van der Waals surface area contributed by atoms with Crippen LogP contribution in [0.5, 0.6) is 0 Å². The van der Waals surface area contributed by atoms with Crippen LogP contribution in [-0.4, -0.2) is 0 Å². The Labute approximate surface area is 75.8 Å². The van der Waals surface area contributed by atoms with Crippen LogP contribution in [0.2, 0.25) is 5.02 Å². The molecule has 0 bridgehead atoms. The van der Waals surface area contributed by atoms with Gasteiger partial charge in [-0.2, -0.15) is 0 Å². The molecular formula is C8H7ClFS. The lowest BCUT2D eigenvalue weighted by Crippen LogP contribution is -1.85. The van der Waals surface area contributed by atoms with Crippen LogP contribution in [-0.2, 0) is 0 Å². The fourth-order valence-electron chi connectivity index (χ4n) is 0.765. The molecule has 3 heteroatoms. The molecule has 1 rings (SSSR count). The summed E-state index contributed by atoms with van der Waals surface area (Å²) >= 11 is 10.5. The van der Waals surface area contributed by atoms with Gasteiger partial charge in [-0.3, -0.25) is 0 Å². The Morgan fingerprint density at radius 3 is 2.64 bits per heavy atom.